The Bertz CT molecular complexity index is 981. The lowest BCUT2D eigenvalue weighted by Crippen LogP contribution is -2.45. The van der Waals surface area contributed by atoms with Crippen LogP contribution in [0.1, 0.15) is 56.1 Å². The number of ether oxygens (including phenoxy) is 3. The molecule has 2 amide bonds. The van der Waals surface area contributed by atoms with Crippen LogP contribution in [0, 0.1) is 6.92 Å². The molecule has 1 saturated heterocycles. The predicted molar refractivity (Wildman–Crippen MR) is 125 cm³/mol. The number of rotatable bonds is 11. The van der Waals surface area contributed by atoms with E-state index in [0.717, 1.165) is 37.0 Å². The molecule has 1 fully saturated rings. The number of hydrogen-bond acceptors (Lipinski definition) is 6. The first-order valence-electron chi connectivity index (χ1n) is 12.1. The number of unbranched alkanes of at least 4 members (excludes halogenated alkanes) is 1. The lowest BCUT2D eigenvalue weighted by molar-refractivity contribution is -0.142. The molecule has 3 heterocycles. The maximum absolute atomic E-state index is 13.5. The molecule has 1 unspecified atom stereocenters. The van der Waals surface area contributed by atoms with E-state index in [9.17, 15) is 9.59 Å². The Labute approximate surface area is 200 Å². The molecule has 0 bridgehead atoms. The average molecular weight is 471 g/mol. The van der Waals surface area contributed by atoms with Gasteiger partial charge in [0.15, 0.2) is 11.5 Å². The van der Waals surface area contributed by atoms with Crippen molar-refractivity contribution in [2.45, 2.75) is 65.1 Å². The largest absolute Gasteiger partial charge is 0.464 e. The summed E-state index contributed by atoms with van der Waals surface area (Å²) in [5.74, 6) is 2.74. The molecule has 1 aromatic heterocycles. The molecule has 1 aromatic carbocycles. The lowest BCUT2D eigenvalue weighted by Gasteiger charge is -2.29. The van der Waals surface area contributed by atoms with Crippen LogP contribution < -0.4 is 9.47 Å². The van der Waals surface area contributed by atoms with E-state index in [1.54, 1.807) is 9.80 Å². The van der Waals surface area contributed by atoms with Crippen molar-refractivity contribution in [1.82, 2.24) is 9.80 Å². The zero-order valence-corrected chi connectivity index (χ0v) is 20.1. The van der Waals surface area contributed by atoms with Crippen molar-refractivity contribution in [3.05, 3.63) is 47.4 Å². The first-order valence-corrected chi connectivity index (χ1v) is 12.1. The molecule has 2 aliphatic rings. The number of aryl methyl sites for hydroxylation is 1. The van der Waals surface area contributed by atoms with Crippen LogP contribution in [0.5, 0.6) is 11.5 Å². The van der Waals surface area contributed by atoms with Gasteiger partial charge in [-0.3, -0.25) is 9.59 Å². The van der Waals surface area contributed by atoms with Crippen LogP contribution in [0.4, 0.5) is 0 Å². The van der Waals surface area contributed by atoms with Crippen molar-refractivity contribution in [3.8, 4) is 11.5 Å². The molecule has 8 nitrogen and oxygen atoms in total. The molecule has 0 aliphatic carbocycles. The maximum Gasteiger partial charge on any atom is 0.242 e. The Morgan fingerprint density at radius 2 is 1.88 bits per heavy atom. The second kappa shape index (κ2) is 11.4. The molecule has 0 saturated carbocycles. The van der Waals surface area contributed by atoms with Crippen LogP contribution in [0.15, 0.2) is 34.7 Å². The standard InChI is InChI=1S/C26H34N2O6/c1-3-4-7-25(29)28(15-21-6-5-12-31-21)17-26(30)27(16-22-10-8-19(2)34-22)14-20-9-11-23-24(13-20)33-18-32-23/h8-11,13,21H,3-7,12,14-18H2,1-2H3. The molecular formula is C26H34N2O6. The van der Waals surface area contributed by atoms with Crippen LogP contribution in [0.2, 0.25) is 0 Å². The molecule has 8 heteroatoms. The number of amides is 2. The van der Waals surface area contributed by atoms with Gasteiger partial charge in [-0.25, -0.2) is 0 Å². The number of carbonyl (C=O) groups is 2. The van der Waals surface area contributed by atoms with Crippen molar-refractivity contribution >= 4 is 11.8 Å². The molecule has 0 N–H and O–H groups in total. The van der Waals surface area contributed by atoms with Gasteiger partial charge in [0.25, 0.3) is 0 Å². The van der Waals surface area contributed by atoms with E-state index in [2.05, 4.69) is 6.92 Å². The van der Waals surface area contributed by atoms with Crippen LogP contribution >= 0.6 is 0 Å². The van der Waals surface area contributed by atoms with E-state index in [0.29, 0.717) is 49.9 Å². The highest BCUT2D eigenvalue weighted by Crippen LogP contribution is 2.33. The first-order chi connectivity index (χ1) is 16.5. The lowest BCUT2D eigenvalue weighted by atomic mass is 10.1. The van der Waals surface area contributed by atoms with Crippen molar-refractivity contribution in [2.24, 2.45) is 0 Å². The zero-order valence-electron chi connectivity index (χ0n) is 20.1. The fourth-order valence-corrected chi connectivity index (χ4v) is 4.29. The van der Waals surface area contributed by atoms with Crippen molar-refractivity contribution in [1.29, 1.82) is 0 Å². The summed E-state index contributed by atoms with van der Waals surface area (Å²) in [6, 6.07) is 9.45. The summed E-state index contributed by atoms with van der Waals surface area (Å²) in [4.78, 5) is 29.9. The Balaban J connectivity index is 1.50. The third-order valence-corrected chi connectivity index (χ3v) is 6.18. The van der Waals surface area contributed by atoms with Gasteiger partial charge in [-0.15, -0.1) is 0 Å². The number of nitrogens with zero attached hydrogens (tertiary/aromatic N) is 2. The van der Waals surface area contributed by atoms with Crippen LogP contribution in [-0.4, -0.2) is 54.2 Å². The van der Waals surface area contributed by atoms with E-state index < -0.39 is 0 Å². The molecular weight excluding hydrogens is 436 g/mol. The SMILES string of the molecule is CCCCC(=O)N(CC(=O)N(Cc1ccc2c(c1)OCO2)Cc1ccc(C)o1)CC1CCCO1. The fourth-order valence-electron chi connectivity index (χ4n) is 4.29. The van der Waals surface area contributed by atoms with Gasteiger partial charge < -0.3 is 28.4 Å². The highest BCUT2D eigenvalue weighted by Gasteiger charge is 2.27. The first kappa shape index (κ1) is 24.1. The normalized spacial score (nSPS) is 16.6. The fraction of sp³-hybridized carbons (Fsp3) is 0.538. The van der Waals surface area contributed by atoms with Crippen molar-refractivity contribution in [2.75, 3.05) is 26.5 Å². The third-order valence-electron chi connectivity index (χ3n) is 6.18. The van der Waals surface area contributed by atoms with Gasteiger partial charge in [0.05, 0.1) is 19.2 Å². The van der Waals surface area contributed by atoms with Gasteiger partial charge in [0.2, 0.25) is 18.6 Å². The summed E-state index contributed by atoms with van der Waals surface area (Å²) in [6.07, 6.45) is 4.08. The predicted octanol–water partition coefficient (Wildman–Crippen LogP) is 4.04. The summed E-state index contributed by atoms with van der Waals surface area (Å²) in [5, 5.41) is 0. The Hall–Kier alpha value is -3.00. The minimum atomic E-state index is -0.130. The number of benzene rings is 1. The van der Waals surface area contributed by atoms with E-state index in [1.165, 1.54) is 0 Å². The number of hydrogen-bond donors (Lipinski definition) is 0. The van der Waals surface area contributed by atoms with Gasteiger partial charge in [-0.2, -0.15) is 0 Å². The second-order valence-corrected chi connectivity index (χ2v) is 8.96. The summed E-state index contributed by atoms with van der Waals surface area (Å²) >= 11 is 0. The summed E-state index contributed by atoms with van der Waals surface area (Å²) in [6.45, 7) is 6.00. The van der Waals surface area contributed by atoms with Crippen molar-refractivity contribution < 1.29 is 28.2 Å². The number of furan rings is 1. The zero-order chi connectivity index (χ0) is 23.9. The van der Waals surface area contributed by atoms with Crippen LogP contribution in [0.3, 0.4) is 0 Å². The molecule has 2 aliphatic heterocycles. The Morgan fingerprint density at radius 1 is 1.03 bits per heavy atom. The third kappa shape index (κ3) is 6.32. The van der Waals surface area contributed by atoms with E-state index in [1.807, 2.05) is 37.3 Å². The minimum absolute atomic E-state index is 0.00238. The second-order valence-electron chi connectivity index (χ2n) is 8.96. The molecule has 34 heavy (non-hydrogen) atoms. The van der Waals surface area contributed by atoms with E-state index in [-0.39, 0.29) is 31.3 Å². The average Bonchev–Trinajstić information content (AvgIpc) is 3.59. The van der Waals surface area contributed by atoms with Gasteiger partial charge in [0, 0.05) is 26.1 Å². The van der Waals surface area contributed by atoms with E-state index >= 15 is 0 Å². The van der Waals surface area contributed by atoms with Crippen LogP contribution in [-0.2, 0) is 27.4 Å². The minimum Gasteiger partial charge on any atom is -0.464 e. The quantitative estimate of drug-likeness (QED) is 0.493. The monoisotopic (exact) mass is 470 g/mol. The Morgan fingerprint density at radius 3 is 2.62 bits per heavy atom. The molecule has 2 aromatic rings. The van der Waals surface area contributed by atoms with E-state index in [4.69, 9.17) is 18.6 Å². The molecule has 4 rings (SSSR count). The maximum atomic E-state index is 13.5. The highest BCUT2D eigenvalue weighted by molar-refractivity contribution is 5.85. The van der Waals surface area contributed by atoms with Gasteiger partial charge in [-0.1, -0.05) is 19.4 Å². The van der Waals surface area contributed by atoms with Gasteiger partial charge >= 0.3 is 0 Å². The van der Waals surface area contributed by atoms with Crippen LogP contribution in [0.25, 0.3) is 0 Å². The number of carbonyl (C=O) groups excluding carboxylic acids is 2. The summed E-state index contributed by atoms with van der Waals surface area (Å²) in [7, 11) is 0. The topological polar surface area (TPSA) is 81.5 Å². The smallest absolute Gasteiger partial charge is 0.242 e. The summed E-state index contributed by atoms with van der Waals surface area (Å²) < 4.78 is 22.4. The van der Waals surface area contributed by atoms with Gasteiger partial charge in [0.1, 0.15) is 11.5 Å². The number of fused-ring (bicyclic) bond motifs is 1. The molecule has 0 spiro atoms. The molecule has 0 radical (unpaired) electrons. The molecule has 1 atom stereocenters. The highest BCUT2D eigenvalue weighted by atomic mass is 16.7. The van der Waals surface area contributed by atoms with Crippen molar-refractivity contribution in [3.63, 3.8) is 0 Å². The molecule has 184 valence electrons. The van der Waals surface area contributed by atoms with Gasteiger partial charge in [-0.05, 0) is 56.0 Å². The summed E-state index contributed by atoms with van der Waals surface area (Å²) in [5.41, 5.74) is 0.920. The Kier molecular flexibility index (Phi) is 8.11.